The first-order valence-electron chi connectivity index (χ1n) is 5.71. The number of aliphatic hydroxyl groups excluding tert-OH is 1. The first kappa shape index (κ1) is 10.6. The van der Waals surface area contributed by atoms with E-state index < -0.39 is 0 Å². The van der Waals surface area contributed by atoms with Crippen LogP contribution in [0.25, 0.3) is 0 Å². The first-order valence-corrected chi connectivity index (χ1v) is 5.71. The standard InChI is InChI=1S/C11H19N3O/c15-7-9-3-1-2-4-11(9)13-6-10-5-12-8-14-10/h5,8-9,11,13,15H,1-4,6-7H2,(H,12,14). The van der Waals surface area contributed by atoms with Gasteiger partial charge in [-0.1, -0.05) is 12.8 Å². The van der Waals surface area contributed by atoms with Crippen molar-refractivity contribution in [1.82, 2.24) is 15.3 Å². The summed E-state index contributed by atoms with van der Waals surface area (Å²) >= 11 is 0. The number of nitrogens with zero attached hydrogens (tertiary/aromatic N) is 1. The van der Waals surface area contributed by atoms with Crippen LogP contribution in [-0.2, 0) is 6.54 Å². The lowest BCUT2D eigenvalue weighted by atomic mass is 9.85. The zero-order chi connectivity index (χ0) is 10.5. The molecule has 2 unspecified atom stereocenters. The molecule has 1 heterocycles. The number of rotatable bonds is 4. The summed E-state index contributed by atoms with van der Waals surface area (Å²) in [6.07, 6.45) is 8.40. The Labute approximate surface area is 90.1 Å². The molecule has 1 aromatic rings. The minimum Gasteiger partial charge on any atom is -0.396 e. The van der Waals surface area contributed by atoms with Crippen molar-refractivity contribution in [3.05, 3.63) is 18.2 Å². The minimum absolute atomic E-state index is 0.306. The Bertz CT molecular complexity index is 273. The summed E-state index contributed by atoms with van der Waals surface area (Å²) < 4.78 is 0. The molecule has 0 amide bonds. The lowest BCUT2D eigenvalue weighted by molar-refractivity contribution is 0.152. The molecule has 1 saturated carbocycles. The van der Waals surface area contributed by atoms with Gasteiger partial charge in [0.15, 0.2) is 0 Å². The summed E-state index contributed by atoms with van der Waals surface area (Å²) in [6, 6.07) is 0.465. The molecule has 84 valence electrons. The first-order chi connectivity index (χ1) is 7.40. The van der Waals surface area contributed by atoms with E-state index in [0.717, 1.165) is 18.7 Å². The van der Waals surface area contributed by atoms with E-state index >= 15 is 0 Å². The summed E-state index contributed by atoms with van der Waals surface area (Å²) in [5.74, 6) is 0.432. The summed E-state index contributed by atoms with van der Waals surface area (Å²) in [7, 11) is 0. The second-order valence-corrected chi connectivity index (χ2v) is 4.29. The Morgan fingerprint density at radius 2 is 2.33 bits per heavy atom. The van der Waals surface area contributed by atoms with Crippen molar-refractivity contribution >= 4 is 0 Å². The van der Waals surface area contributed by atoms with E-state index in [4.69, 9.17) is 0 Å². The Morgan fingerprint density at radius 1 is 1.47 bits per heavy atom. The summed E-state index contributed by atoms with van der Waals surface area (Å²) in [4.78, 5) is 7.05. The second kappa shape index (κ2) is 5.28. The molecule has 1 aliphatic carbocycles. The lowest BCUT2D eigenvalue weighted by Crippen LogP contribution is -2.39. The van der Waals surface area contributed by atoms with Crippen LogP contribution in [0, 0.1) is 5.92 Å². The molecule has 0 aromatic carbocycles. The van der Waals surface area contributed by atoms with Gasteiger partial charge in [-0.2, -0.15) is 0 Å². The minimum atomic E-state index is 0.306. The maximum atomic E-state index is 9.26. The van der Waals surface area contributed by atoms with Crippen molar-refractivity contribution in [1.29, 1.82) is 0 Å². The Morgan fingerprint density at radius 3 is 3.07 bits per heavy atom. The van der Waals surface area contributed by atoms with Crippen molar-refractivity contribution in [2.45, 2.75) is 38.3 Å². The van der Waals surface area contributed by atoms with Crippen molar-refractivity contribution in [3.63, 3.8) is 0 Å². The zero-order valence-electron chi connectivity index (χ0n) is 8.95. The van der Waals surface area contributed by atoms with Gasteiger partial charge in [-0.05, 0) is 18.8 Å². The molecule has 0 spiro atoms. The number of aromatic nitrogens is 2. The van der Waals surface area contributed by atoms with Crippen LogP contribution in [0.5, 0.6) is 0 Å². The maximum Gasteiger partial charge on any atom is 0.0922 e. The van der Waals surface area contributed by atoms with Gasteiger partial charge in [0.1, 0.15) is 0 Å². The van der Waals surface area contributed by atoms with Crippen LogP contribution in [0.15, 0.2) is 12.5 Å². The van der Waals surface area contributed by atoms with Crippen LogP contribution in [0.3, 0.4) is 0 Å². The van der Waals surface area contributed by atoms with Crippen molar-refractivity contribution in [3.8, 4) is 0 Å². The number of hydrogen-bond donors (Lipinski definition) is 3. The largest absolute Gasteiger partial charge is 0.396 e. The number of H-pyrrole nitrogens is 1. The fraction of sp³-hybridized carbons (Fsp3) is 0.727. The van der Waals surface area contributed by atoms with Gasteiger partial charge >= 0.3 is 0 Å². The predicted octanol–water partition coefficient (Wildman–Crippen LogP) is 1.05. The second-order valence-electron chi connectivity index (χ2n) is 4.29. The number of aromatic amines is 1. The number of nitrogens with one attached hydrogen (secondary N) is 2. The van der Waals surface area contributed by atoms with Crippen LogP contribution >= 0.6 is 0 Å². The monoisotopic (exact) mass is 209 g/mol. The van der Waals surface area contributed by atoms with Gasteiger partial charge in [-0.15, -0.1) is 0 Å². The molecule has 1 aromatic heterocycles. The highest BCUT2D eigenvalue weighted by Crippen LogP contribution is 2.24. The molecule has 0 bridgehead atoms. The van der Waals surface area contributed by atoms with E-state index in [-0.39, 0.29) is 0 Å². The van der Waals surface area contributed by atoms with Gasteiger partial charge in [0.25, 0.3) is 0 Å². The Balaban J connectivity index is 1.81. The highest BCUT2D eigenvalue weighted by atomic mass is 16.3. The summed E-state index contributed by atoms with van der Waals surface area (Å²) in [5, 5.41) is 12.8. The molecular formula is C11H19N3O. The smallest absolute Gasteiger partial charge is 0.0922 e. The molecule has 4 nitrogen and oxygen atoms in total. The van der Waals surface area contributed by atoms with Gasteiger partial charge in [-0.25, -0.2) is 4.98 Å². The van der Waals surface area contributed by atoms with E-state index in [1.165, 1.54) is 19.3 Å². The molecule has 2 rings (SSSR count). The molecule has 0 aliphatic heterocycles. The predicted molar refractivity (Wildman–Crippen MR) is 58.3 cm³/mol. The fourth-order valence-corrected chi connectivity index (χ4v) is 2.32. The number of aliphatic hydroxyl groups is 1. The van der Waals surface area contributed by atoms with Gasteiger partial charge in [0, 0.05) is 31.1 Å². The molecule has 1 aliphatic rings. The average Bonchev–Trinajstić information content (AvgIpc) is 2.79. The SMILES string of the molecule is OCC1CCCCC1NCc1cnc[nH]1. The molecular weight excluding hydrogens is 190 g/mol. The van der Waals surface area contributed by atoms with E-state index in [0.29, 0.717) is 18.6 Å². The molecule has 15 heavy (non-hydrogen) atoms. The fourth-order valence-electron chi connectivity index (χ4n) is 2.32. The van der Waals surface area contributed by atoms with Gasteiger partial charge in [-0.3, -0.25) is 0 Å². The number of hydrogen-bond acceptors (Lipinski definition) is 3. The Hall–Kier alpha value is -0.870. The number of imidazole rings is 1. The summed E-state index contributed by atoms with van der Waals surface area (Å²) in [5.41, 5.74) is 1.11. The maximum absolute atomic E-state index is 9.26. The van der Waals surface area contributed by atoms with Gasteiger partial charge < -0.3 is 15.4 Å². The third kappa shape index (κ3) is 2.79. The van der Waals surface area contributed by atoms with Crippen molar-refractivity contribution < 1.29 is 5.11 Å². The van der Waals surface area contributed by atoms with E-state index in [9.17, 15) is 5.11 Å². The van der Waals surface area contributed by atoms with E-state index in [1.807, 2.05) is 6.20 Å². The molecule has 3 N–H and O–H groups in total. The van der Waals surface area contributed by atoms with Crippen molar-refractivity contribution in [2.75, 3.05) is 6.61 Å². The molecule has 0 radical (unpaired) electrons. The van der Waals surface area contributed by atoms with Crippen LogP contribution in [-0.4, -0.2) is 27.7 Å². The van der Waals surface area contributed by atoms with E-state index in [1.54, 1.807) is 6.33 Å². The Kier molecular flexibility index (Phi) is 3.75. The molecule has 4 heteroatoms. The third-order valence-corrected chi connectivity index (χ3v) is 3.25. The highest BCUT2D eigenvalue weighted by molar-refractivity contribution is 4.94. The van der Waals surface area contributed by atoms with Crippen molar-refractivity contribution in [2.24, 2.45) is 5.92 Å². The summed E-state index contributed by atoms with van der Waals surface area (Å²) in [6.45, 7) is 1.13. The highest BCUT2D eigenvalue weighted by Gasteiger charge is 2.23. The average molecular weight is 209 g/mol. The van der Waals surface area contributed by atoms with Gasteiger partial charge in [0.05, 0.1) is 6.33 Å². The van der Waals surface area contributed by atoms with E-state index in [2.05, 4.69) is 15.3 Å². The third-order valence-electron chi connectivity index (χ3n) is 3.25. The lowest BCUT2D eigenvalue weighted by Gasteiger charge is -2.30. The molecule has 2 atom stereocenters. The quantitative estimate of drug-likeness (QED) is 0.694. The topological polar surface area (TPSA) is 60.9 Å². The normalized spacial score (nSPS) is 26.7. The van der Waals surface area contributed by atoms with Gasteiger partial charge in [0.2, 0.25) is 0 Å². The van der Waals surface area contributed by atoms with Crippen LogP contribution in [0.4, 0.5) is 0 Å². The van der Waals surface area contributed by atoms with Crippen LogP contribution < -0.4 is 5.32 Å². The molecule has 0 saturated heterocycles. The zero-order valence-corrected chi connectivity index (χ0v) is 8.95. The van der Waals surface area contributed by atoms with Crippen LogP contribution in [0.2, 0.25) is 0 Å². The molecule has 1 fully saturated rings. The van der Waals surface area contributed by atoms with Crippen LogP contribution in [0.1, 0.15) is 31.4 Å².